The van der Waals surface area contributed by atoms with Crippen molar-refractivity contribution in [1.82, 2.24) is 24.2 Å². The molecule has 0 radical (unpaired) electrons. The minimum absolute atomic E-state index is 0.0300. The van der Waals surface area contributed by atoms with E-state index in [0.29, 0.717) is 36.7 Å². The molecule has 3 heterocycles. The van der Waals surface area contributed by atoms with Gasteiger partial charge in [0.15, 0.2) is 11.5 Å². The Kier molecular flexibility index (Phi) is 7.94. The zero-order valence-electron chi connectivity index (χ0n) is 18.0. The van der Waals surface area contributed by atoms with Crippen LogP contribution in [0.2, 0.25) is 25.7 Å². The Morgan fingerprint density at radius 2 is 2.16 bits per heavy atom. The van der Waals surface area contributed by atoms with E-state index in [9.17, 15) is 13.2 Å². The monoisotopic (exact) mass is 580 g/mol. The largest absolute Gasteiger partial charge is 0.361 e. The number of carbonyl (C=O) groups excluding carboxylic acids is 1. The van der Waals surface area contributed by atoms with Crippen molar-refractivity contribution in [3.63, 3.8) is 0 Å². The van der Waals surface area contributed by atoms with Gasteiger partial charge in [-0.2, -0.15) is 4.31 Å². The van der Waals surface area contributed by atoms with Crippen LogP contribution in [0.25, 0.3) is 11.2 Å². The second kappa shape index (κ2) is 10.1. The van der Waals surface area contributed by atoms with Gasteiger partial charge in [-0.1, -0.05) is 42.2 Å². The number of urea groups is 1. The van der Waals surface area contributed by atoms with Gasteiger partial charge >= 0.3 is 6.03 Å². The average molecular weight is 581 g/mol. The van der Waals surface area contributed by atoms with Gasteiger partial charge < -0.3 is 14.6 Å². The van der Waals surface area contributed by atoms with Crippen molar-refractivity contribution in [3.8, 4) is 0 Å². The standard InChI is InChI=1S/C18H29IN6O4SSi/c1-31(2,3)9-8-29-13-24-6-5-15-17(24)20-10-16(22-15)23-18(26)21-14-4-7-25(11-14)30(27,28)12-19/h5-6,10,14H,4,7-9,11-13H2,1-3H3,(H2,21,22,23,26). The van der Waals surface area contributed by atoms with Crippen molar-refractivity contribution in [3.05, 3.63) is 18.5 Å². The molecule has 1 unspecified atom stereocenters. The quantitative estimate of drug-likeness (QED) is 0.204. The maximum absolute atomic E-state index is 12.3. The molecule has 2 amide bonds. The highest BCUT2D eigenvalue weighted by atomic mass is 127. The minimum Gasteiger partial charge on any atom is -0.361 e. The summed E-state index contributed by atoms with van der Waals surface area (Å²) in [5.74, 6) is 0.331. The number of hydrogen-bond acceptors (Lipinski definition) is 6. The van der Waals surface area contributed by atoms with Crippen LogP contribution in [0, 0.1) is 0 Å². The fourth-order valence-electron chi connectivity index (χ4n) is 3.17. The fraction of sp³-hybridized carbons (Fsp3) is 0.611. The van der Waals surface area contributed by atoms with Crippen LogP contribution >= 0.6 is 22.6 Å². The summed E-state index contributed by atoms with van der Waals surface area (Å²) in [5.41, 5.74) is 1.35. The summed E-state index contributed by atoms with van der Waals surface area (Å²) in [7, 11) is -4.37. The summed E-state index contributed by atoms with van der Waals surface area (Å²) in [6.07, 6.45) is 3.94. The Bertz CT molecular complexity index is 1030. The van der Waals surface area contributed by atoms with Crippen molar-refractivity contribution < 1.29 is 17.9 Å². The Morgan fingerprint density at radius 3 is 2.87 bits per heavy atom. The van der Waals surface area contributed by atoms with Gasteiger partial charge in [0.05, 0.1) is 6.20 Å². The fourth-order valence-corrected chi connectivity index (χ4v) is 6.04. The Morgan fingerprint density at radius 1 is 1.39 bits per heavy atom. The highest BCUT2D eigenvalue weighted by Crippen LogP contribution is 2.17. The van der Waals surface area contributed by atoms with Crippen LogP contribution in [0.1, 0.15) is 6.42 Å². The molecule has 1 aliphatic rings. The van der Waals surface area contributed by atoms with Gasteiger partial charge in [-0.25, -0.2) is 23.2 Å². The number of hydrogen-bond donors (Lipinski definition) is 2. The van der Waals surface area contributed by atoms with Crippen LogP contribution in [0.15, 0.2) is 18.5 Å². The molecule has 10 nitrogen and oxygen atoms in total. The van der Waals surface area contributed by atoms with Crippen molar-refractivity contribution in [2.24, 2.45) is 0 Å². The zero-order chi connectivity index (χ0) is 22.6. The number of anilines is 1. The number of nitrogens with one attached hydrogen (secondary N) is 2. The number of alkyl halides is 1. The van der Waals surface area contributed by atoms with E-state index in [1.165, 1.54) is 10.5 Å². The molecular formula is C18H29IN6O4SSi. The topological polar surface area (TPSA) is 118 Å². The van der Waals surface area contributed by atoms with E-state index in [2.05, 4.69) is 40.2 Å². The van der Waals surface area contributed by atoms with Crippen LogP contribution in [0.3, 0.4) is 0 Å². The normalized spacial score (nSPS) is 17.9. The molecule has 0 spiro atoms. The van der Waals surface area contributed by atoms with Gasteiger partial charge in [0.25, 0.3) is 0 Å². The molecule has 2 aromatic heterocycles. The Balaban J connectivity index is 1.52. The van der Waals surface area contributed by atoms with E-state index < -0.39 is 24.1 Å². The van der Waals surface area contributed by atoms with Gasteiger partial charge in [-0.05, 0) is 18.5 Å². The molecule has 172 valence electrons. The van der Waals surface area contributed by atoms with Crippen LogP contribution < -0.4 is 10.6 Å². The first-order valence-electron chi connectivity index (χ1n) is 10.1. The number of ether oxygens (including phenoxy) is 1. The predicted molar refractivity (Wildman–Crippen MR) is 132 cm³/mol. The third-order valence-corrected chi connectivity index (χ3v) is 10.4. The maximum atomic E-state index is 12.3. The molecular weight excluding hydrogens is 551 g/mol. The molecule has 0 aromatic carbocycles. The number of fused-ring (bicyclic) bond motifs is 1. The second-order valence-corrected chi connectivity index (χ2v) is 18.1. The summed E-state index contributed by atoms with van der Waals surface area (Å²) >= 11 is 1.84. The Labute approximate surface area is 197 Å². The number of sulfonamides is 1. The molecule has 13 heteroatoms. The third-order valence-electron chi connectivity index (χ3n) is 4.95. The third kappa shape index (κ3) is 6.84. The van der Waals surface area contributed by atoms with Crippen molar-refractivity contribution >= 4 is 63.7 Å². The number of carbonyl (C=O) groups is 1. The summed E-state index contributed by atoms with van der Waals surface area (Å²) < 4.78 is 33.0. The molecule has 1 saturated heterocycles. The van der Waals surface area contributed by atoms with E-state index in [1.54, 1.807) is 0 Å². The maximum Gasteiger partial charge on any atom is 0.320 e. The van der Waals surface area contributed by atoms with Crippen LogP contribution in [-0.4, -0.2) is 70.9 Å². The minimum atomic E-state index is -3.25. The number of nitrogens with zero attached hydrogens (tertiary/aromatic N) is 4. The lowest BCUT2D eigenvalue weighted by molar-refractivity contribution is 0.0899. The highest BCUT2D eigenvalue weighted by molar-refractivity contribution is 14.1. The van der Waals surface area contributed by atoms with Crippen LogP contribution in [0.5, 0.6) is 0 Å². The molecule has 2 aromatic rings. The van der Waals surface area contributed by atoms with E-state index in [-0.39, 0.29) is 16.3 Å². The lowest BCUT2D eigenvalue weighted by Gasteiger charge is -2.16. The first-order valence-corrected chi connectivity index (χ1v) is 16.9. The van der Waals surface area contributed by atoms with E-state index in [4.69, 9.17) is 4.74 Å². The van der Waals surface area contributed by atoms with Gasteiger partial charge in [-0.3, -0.25) is 5.32 Å². The number of rotatable bonds is 9. The first kappa shape index (κ1) is 24.4. The van der Waals surface area contributed by atoms with E-state index in [1.807, 2.05) is 39.4 Å². The molecule has 2 N–H and O–H groups in total. The second-order valence-electron chi connectivity index (χ2n) is 8.76. The number of aromatic nitrogens is 3. The van der Waals surface area contributed by atoms with Crippen LogP contribution in [0.4, 0.5) is 10.6 Å². The van der Waals surface area contributed by atoms with Gasteiger partial charge in [-0.15, -0.1) is 0 Å². The molecule has 0 bridgehead atoms. The molecule has 0 aliphatic carbocycles. The smallest absolute Gasteiger partial charge is 0.320 e. The van der Waals surface area contributed by atoms with Crippen molar-refractivity contribution in [2.45, 2.75) is 44.9 Å². The molecule has 3 rings (SSSR count). The lowest BCUT2D eigenvalue weighted by Crippen LogP contribution is -2.40. The molecule has 0 saturated carbocycles. The summed E-state index contributed by atoms with van der Waals surface area (Å²) in [5, 5.41) is 5.48. The molecule has 1 fully saturated rings. The van der Waals surface area contributed by atoms with E-state index in [0.717, 1.165) is 12.7 Å². The summed E-state index contributed by atoms with van der Waals surface area (Å²) in [4.78, 5) is 21.2. The van der Waals surface area contributed by atoms with Crippen molar-refractivity contribution in [1.29, 1.82) is 0 Å². The SMILES string of the molecule is C[Si](C)(C)CCOCn1ccc2nc(NC(=O)NC3CCN(S(=O)(=O)CI)C3)cnc21. The zero-order valence-corrected chi connectivity index (χ0v) is 21.9. The molecule has 1 atom stereocenters. The number of halogens is 1. The van der Waals surface area contributed by atoms with Gasteiger partial charge in [0.1, 0.15) is 16.0 Å². The van der Waals surface area contributed by atoms with E-state index >= 15 is 0 Å². The summed E-state index contributed by atoms with van der Waals surface area (Å²) in [6, 6.07) is 2.27. The highest BCUT2D eigenvalue weighted by Gasteiger charge is 2.31. The Hall–Kier alpha value is -1.29. The van der Waals surface area contributed by atoms with Gasteiger partial charge in [0, 0.05) is 40.0 Å². The average Bonchev–Trinajstić information content (AvgIpc) is 3.31. The van der Waals surface area contributed by atoms with Crippen molar-refractivity contribution in [2.75, 3.05) is 28.8 Å². The lowest BCUT2D eigenvalue weighted by atomic mass is 10.3. The molecule has 31 heavy (non-hydrogen) atoms. The predicted octanol–water partition coefficient (Wildman–Crippen LogP) is 2.66. The number of amides is 2. The van der Waals surface area contributed by atoms with Crippen LogP contribution in [-0.2, 0) is 21.5 Å². The molecule has 1 aliphatic heterocycles. The summed E-state index contributed by atoms with van der Waals surface area (Å²) in [6.45, 7) is 8.77. The van der Waals surface area contributed by atoms with Gasteiger partial charge in [0.2, 0.25) is 10.0 Å². The first-order chi connectivity index (χ1) is 14.6.